The monoisotopic (exact) mass is 310 g/mol. The Morgan fingerprint density at radius 3 is 2.52 bits per heavy atom. The molecule has 2 N–H and O–H groups in total. The highest BCUT2D eigenvalue weighted by atomic mass is 35.5. The van der Waals surface area contributed by atoms with E-state index in [2.05, 4.69) is 13.8 Å². The second-order valence-electron chi connectivity index (χ2n) is 6.65. The summed E-state index contributed by atoms with van der Waals surface area (Å²) in [5.41, 5.74) is 7.23. The fourth-order valence-corrected chi connectivity index (χ4v) is 3.47. The van der Waals surface area contributed by atoms with Crippen LogP contribution >= 0.6 is 11.6 Å². The molecule has 1 aliphatic carbocycles. The Bertz CT molecular complexity index is 523. The SMILES string of the molecule is CC(C)C1CCC(N)(Cc2ccc([N+](=O)[O-])cc2Cl)CC1. The van der Waals surface area contributed by atoms with Gasteiger partial charge in [0.2, 0.25) is 0 Å². The number of non-ortho nitro benzene ring substituents is 1. The Kier molecular flexibility index (Phi) is 4.89. The molecule has 1 fully saturated rings. The minimum Gasteiger partial charge on any atom is -0.325 e. The van der Waals surface area contributed by atoms with Crippen LogP contribution in [0.25, 0.3) is 0 Å². The molecular weight excluding hydrogens is 288 g/mol. The van der Waals surface area contributed by atoms with E-state index in [-0.39, 0.29) is 11.2 Å². The van der Waals surface area contributed by atoms with Crippen LogP contribution in [0.5, 0.6) is 0 Å². The number of nitrogens with zero attached hydrogens (tertiary/aromatic N) is 1. The van der Waals surface area contributed by atoms with E-state index in [4.69, 9.17) is 17.3 Å². The first-order valence-corrected chi connectivity index (χ1v) is 7.90. The molecule has 0 spiro atoms. The Balaban J connectivity index is 2.06. The zero-order chi connectivity index (χ0) is 15.6. The quantitative estimate of drug-likeness (QED) is 0.664. The Hall–Kier alpha value is -1.13. The lowest BCUT2D eigenvalue weighted by Crippen LogP contribution is -2.45. The largest absolute Gasteiger partial charge is 0.325 e. The van der Waals surface area contributed by atoms with Gasteiger partial charge in [-0.2, -0.15) is 0 Å². The van der Waals surface area contributed by atoms with Crippen molar-refractivity contribution in [1.82, 2.24) is 0 Å². The van der Waals surface area contributed by atoms with Crippen LogP contribution in [0.2, 0.25) is 5.02 Å². The van der Waals surface area contributed by atoms with Gasteiger partial charge in [0.25, 0.3) is 5.69 Å². The van der Waals surface area contributed by atoms with Gasteiger partial charge < -0.3 is 5.73 Å². The molecule has 0 radical (unpaired) electrons. The predicted octanol–water partition coefficient (Wildman–Crippen LogP) is 4.33. The highest BCUT2D eigenvalue weighted by Crippen LogP contribution is 2.37. The summed E-state index contributed by atoms with van der Waals surface area (Å²) in [5, 5.41) is 11.2. The van der Waals surface area contributed by atoms with Gasteiger partial charge in [0.1, 0.15) is 0 Å². The summed E-state index contributed by atoms with van der Waals surface area (Å²) in [6.07, 6.45) is 4.97. The standard InChI is InChI=1S/C16H23ClN2O2/c1-11(2)12-5-7-16(18,8-6-12)10-13-3-4-14(19(20)21)9-15(13)17/h3-4,9,11-12H,5-8,10,18H2,1-2H3. The topological polar surface area (TPSA) is 69.2 Å². The summed E-state index contributed by atoms with van der Waals surface area (Å²) >= 11 is 6.17. The molecule has 1 aliphatic rings. The molecule has 1 saturated carbocycles. The van der Waals surface area contributed by atoms with Crippen molar-refractivity contribution in [3.05, 3.63) is 38.9 Å². The minimum atomic E-state index is -0.429. The molecule has 4 nitrogen and oxygen atoms in total. The average molecular weight is 311 g/mol. The maximum absolute atomic E-state index is 10.7. The number of nitro benzene ring substituents is 1. The van der Waals surface area contributed by atoms with Gasteiger partial charge in [0, 0.05) is 17.7 Å². The van der Waals surface area contributed by atoms with Crippen LogP contribution in [0.3, 0.4) is 0 Å². The van der Waals surface area contributed by atoms with Crippen molar-refractivity contribution in [2.24, 2.45) is 17.6 Å². The van der Waals surface area contributed by atoms with E-state index in [1.54, 1.807) is 6.07 Å². The molecule has 0 aliphatic heterocycles. The maximum Gasteiger partial charge on any atom is 0.270 e. The van der Waals surface area contributed by atoms with Gasteiger partial charge in [-0.25, -0.2) is 0 Å². The van der Waals surface area contributed by atoms with Crippen LogP contribution in [-0.4, -0.2) is 10.5 Å². The summed E-state index contributed by atoms with van der Waals surface area (Å²) in [6.45, 7) is 4.53. The Labute approximate surface area is 130 Å². The highest BCUT2D eigenvalue weighted by Gasteiger charge is 2.33. The second-order valence-corrected chi connectivity index (χ2v) is 7.06. The first kappa shape index (κ1) is 16.2. The van der Waals surface area contributed by atoms with Crippen LogP contribution in [-0.2, 0) is 6.42 Å². The number of nitro groups is 1. The van der Waals surface area contributed by atoms with Crippen LogP contribution < -0.4 is 5.73 Å². The van der Waals surface area contributed by atoms with Crippen LogP contribution in [0.15, 0.2) is 18.2 Å². The lowest BCUT2D eigenvalue weighted by Gasteiger charge is -2.39. The number of hydrogen-bond donors (Lipinski definition) is 1. The summed E-state index contributed by atoms with van der Waals surface area (Å²) in [5.74, 6) is 1.46. The molecule has 0 aromatic heterocycles. The second kappa shape index (κ2) is 6.32. The molecule has 0 amide bonds. The van der Waals surface area contributed by atoms with Crippen LogP contribution in [0.1, 0.15) is 45.1 Å². The van der Waals surface area contributed by atoms with Crippen molar-refractivity contribution < 1.29 is 4.92 Å². The van der Waals surface area contributed by atoms with Gasteiger partial charge in [-0.15, -0.1) is 0 Å². The van der Waals surface area contributed by atoms with Gasteiger partial charge in [0.05, 0.1) is 9.95 Å². The number of nitrogens with two attached hydrogens (primary N) is 1. The van der Waals surface area contributed by atoms with Crippen molar-refractivity contribution in [2.45, 2.75) is 51.5 Å². The van der Waals surface area contributed by atoms with E-state index in [1.807, 2.05) is 0 Å². The number of halogens is 1. The Morgan fingerprint density at radius 1 is 1.43 bits per heavy atom. The minimum absolute atomic E-state index is 0.0262. The molecule has 1 aromatic carbocycles. The fourth-order valence-electron chi connectivity index (χ4n) is 3.23. The van der Waals surface area contributed by atoms with Crippen molar-refractivity contribution in [3.8, 4) is 0 Å². The zero-order valence-electron chi connectivity index (χ0n) is 12.6. The molecule has 0 unspecified atom stereocenters. The first-order chi connectivity index (χ1) is 9.81. The fraction of sp³-hybridized carbons (Fsp3) is 0.625. The summed E-state index contributed by atoms with van der Waals surface area (Å²) in [7, 11) is 0. The van der Waals surface area contributed by atoms with Crippen molar-refractivity contribution in [2.75, 3.05) is 0 Å². The van der Waals surface area contributed by atoms with Gasteiger partial charge in [-0.05, 0) is 49.5 Å². The lowest BCUT2D eigenvalue weighted by molar-refractivity contribution is -0.384. The van der Waals surface area contributed by atoms with E-state index in [1.165, 1.54) is 12.1 Å². The van der Waals surface area contributed by atoms with Crippen molar-refractivity contribution >= 4 is 17.3 Å². The van der Waals surface area contributed by atoms with Gasteiger partial charge in [-0.3, -0.25) is 10.1 Å². The molecule has 21 heavy (non-hydrogen) atoms. The van der Waals surface area contributed by atoms with E-state index in [0.29, 0.717) is 17.4 Å². The van der Waals surface area contributed by atoms with E-state index < -0.39 is 4.92 Å². The number of benzene rings is 1. The molecular formula is C16H23ClN2O2. The van der Waals surface area contributed by atoms with Gasteiger partial charge >= 0.3 is 0 Å². The molecule has 1 aromatic rings. The van der Waals surface area contributed by atoms with Crippen molar-refractivity contribution in [1.29, 1.82) is 0 Å². The highest BCUT2D eigenvalue weighted by molar-refractivity contribution is 6.31. The molecule has 116 valence electrons. The van der Waals surface area contributed by atoms with Crippen LogP contribution in [0.4, 0.5) is 5.69 Å². The van der Waals surface area contributed by atoms with Crippen molar-refractivity contribution in [3.63, 3.8) is 0 Å². The molecule has 5 heteroatoms. The molecule has 0 atom stereocenters. The van der Waals surface area contributed by atoms with Crippen LogP contribution in [0, 0.1) is 22.0 Å². The molecule has 0 bridgehead atoms. The summed E-state index contributed by atoms with van der Waals surface area (Å²) in [6, 6.07) is 4.66. The summed E-state index contributed by atoms with van der Waals surface area (Å²) in [4.78, 5) is 10.3. The summed E-state index contributed by atoms with van der Waals surface area (Å²) < 4.78 is 0. The van der Waals surface area contributed by atoms with Gasteiger partial charge in [0.15, 0.2) is 0 Å². The average Bonchev–Trinajstić information content (AvgIpc) is 2.41. The molecule has 2 rings (SSSR count). The third-order valence-electron chi connectivity index (χ3n) is 4.76. The first-order valence-electron chi connectivity index (χ1n) is 7.52. The third-order valence-corrected chi connectivity index (χ3v) is 5.11. The smallest absolute Gasteiger partial charge is 0.270 e. The Morgan fingerprint density at radius 2 is 2.05 bits per heavy atom. The lowest BCUT2D eigenvalue weighted by atomic mass is 9.71. The van der Waals surface area contributed by atoms with E-state index >= 15 is 0 Å². The van der Waals surface area contributed by atoms with E-state index in [0.717, 1.165) is 37.2 Å². The van der Waals surface area contributed by atoms with E-state index in [9.17, 15) is 10.1 Å². The normalized spacial score (nSPS) is 26.0. The molecule has 0 heterocycles. The maximum atomic E-state index is 10.7. The van der Waals surface area contributed by atoms with Gasteiger partial charge in [-0.1, -0.05) is 31.5 Å². The third kappa shape index (κ3) is 3.95. The number of rotatable bonds is 4. The molecule has 0 saturated heterocycles. The predicted molar refractivity (Wildman–Crippen MR) is 85.5 cm³/mol. The number of hydrogen-bond acceptors (Lipinski definition) is 3. The zero-order valence-corrected chi connectivity index (χ0v) is 13.4.